The van der Waals surface area contributed by atoms with Crippen molar-refractivity contribution in [3.05, 3.63) is 48.4 Å². The molecule has 1 aromatic carbocycles. The predicted octanol–water partition coefficient (Wildman–Crippen LogP) is 2.70. The van der Waals surface area contributed by atoms with E-state index >= 15 is 0 Å². The zero-order valence-corrected chi connectivity index (χ0v) is 12.1. The number of methoxy groups -OCH3 is 2. The molecule has 1 unspecified atom stereocenters. The van der Waals surface area contributed by atoms with Gasteiger partial charge in [0.15, 0.2) is 11.5 Å². The van der Waals surface area contributed by atoms with Gasteiger partial charge in [0, 0.05) is 6.42 Å². The Kier molecular flexibility index (Phi) is 5.26. The minimum absolute atomic E-state index is 0.188. The lowest BCUT2D eigenvalue weighted by Crippen LogP contribution is -2.25. The van der Waals surface area contributed by atoms with E-state index < -0.39 is 5.92 Å². The third-order valence-corrected chi connectivity index (χ3v) is 3.07. The summed E-state index contributed by atoms with van der Waals surface area (Å²) in [7, 11) is 2.93. The van der Waals surface area contributed by atoms with E-state index in [4.69, 9.17) is 18.6 Å². The molecule has 1 atom stereocenters. The Hall–Kier alpha value is -2.43. The highest BCUT2D eigenvalue weighted by atomic mass is 16.5. The maximum atomic E-state index is 11.8. The molecule has 5 nitrogen and oxygen atoms in total. The highest BCUT2D eigenvalue weighted by molar-refractivity contribution is 5.72. The quantitative estimate of drug-likeness (QED) is 0.734. The topological polar surface area (TPSA) is 57.9 Å². The first-order chi connectivity index (χ1) is 10.2. The summed E-state index contributed by atoms with van der Waals surface area (Å²) in [4.78, 5) is 11.8. The van der Waals surface area contributed by atoms with Crippen LogP contribution in [0.25, 0.3) is 0 Å². The summed E-state index contributed by atoms with van der Waals surface area (Å²) in [6, 6.07) is 10.9. The molecule has 2 aromatic rings. The van der Waals surface area contributed by atoms with Crippen LogP contribution in [-0.4, -0.2) is 26.8 Å². The van der Waals surface area contributed by atoms with Crippen molar-refractivity contribution in [2.24, 2.45) is 5.92 Å². The van der Waals surface area contributed by atoms with E-state index in [1.807, 2.05) is 18.2 Å². The number of carbonyl (C=O) groups excluding carboxylic acids is 1. The summed E-state index contributed by atoms with van der Waals surface area (Å²) in [5, 5.41) is 0. The molecule has 2 rings (SSSR count). The zero-order chi connectivity index (χ0) is 15.1. The molecule has 0 bridgehead atoms. The number of furan rings is 1. The molecule has 112 valence electrons. The maximum Gasteiger partial charge on any atom is 0.312 e. The van der Waals surface area contributed by atoms with Gasteiger partial charge in [-0.2, -0.15) is 0 Å². The monoisotopic (exact) mass is 290 g/mol. The Morgan fingerprint density at radius 2 is 1.90 bits per heavy atom. The highest BCUT2D eigenvalue weighted by Crippen LogP contribution is 2.26. The second-order valence-electron chi connectivity index (χ2n) is 4.47. The molecule has 0 amide bonds. The van der Waals surface area contributed by atoms with Crippen molar-refractivity contribution in [2.75, 3.05) is 20.8 Å². The fraction of sp³-hybridized carbons (Fsp3) is 0.312. The summed E-state index contributed by atoms with van der Waals surface area (Å²) in [5.41, 5.74) is 0. The van der Waals surface area contributed by atoms with Gasteiger partial charge >= 0.3 is 5.97 Å². The lowest BCUT2D eigenvalue weighted by Gasteiger charge is -2.16. The van der Waals surface area contributed by atoms with E-state index in [0.29, 0.717) is 23.7 Å². The normalized spacial score (nSPS) is 11.7. The molecule has 1 heterocycles. The molecule has 0 N–H and O–H groups in total. The van der Waals surface area contributed by atoms with Gasteiger partial charge in [-0.15, -0.1) is 0 Å². The van der Waals surface area contributed by atoms with Crippen molar-refractivity contribution in [1.29, 1.82) is 0 Å². The van der Waals surface area contributed by atoms with Crippen LogP contribution in [0, 0.1) is 5.92 Å². The van der Waals surface area contributed by atoms with Gasteiger partial charge < -0.3 is 18.6 Å². The molecule has 0 saturated heterocycles. The molecule has 5 heteroatoms. The molecule has 0 aliphatic carbocycles. The number of hydrogen-bond donors (Lipinski definition) is 0. The number of hydrogen-bond acceptors (Lipinski definition) is 5. The van der Waals surface area contributed by atoms with E-state index in [1.165, 1.54) is 7.11 Å². The van der Waals surface area contributed by atoms with Crippen molar-refractivity contribution >= 4 is 5.97 Å². The largest absolute Gasteiger partial charge is 0.493 e. The van der Waals surface area contributed by atoms with E-state index in [1.54, 1.807) is 31.6 Å². The maximum absolute atomic E-state index is 11.8. The molecule has 1 aromatic heterocycles. The number of carbonyl (C=O) groups is 1. The first-order valence-corrected chi connectivity index (χ1v) is 6.60. The Morgan fingerprint density at radius 3 is 2.52 bits per heavy atom. The highest BCUT2D eigenvalue weighted by Gasteiger charge is 2.22. The molecule has 0 radical (unpaired) electrons. The lowest BCUT2D eigenvalue weighted by atomic mass is 10.1. The van der Waals surface area contributed by atoms with Crippen LogP contribution in [0.15, 0.2) is 47.1 Å². The smallest absolute Gasteiger partial charge is 0.312 e. The van der Waals surface area contributed by atoms with E-state index in [2.05, 4.69) is 0 Å². The molecule has 0 saturated carbocycles. The SMILES string of the molecule is COC(=O)C(COc1ccccc1OC)Cc1ccco1. The fourth-order valence-corrected chi connectivity index (χ4v) is 1.98. The van der Waals surface area contributed by atoms with Crippen LogP contribution in [0.5, 0.6) is 11.5 Å². The van der Waals surface area contributed by atoms with Crippen molar-refractivity contribution in [1.82, 2.24) is 0 Å². The lowest BCUT2D eigenvalue weighted by molar-refractivity contribution is -0.146. The molecule has 0 fully saturated rings. The van der Waals surface area contributed by atoms with Gasteiger partial charge in [-0.1, -0.05) is 12.1 Å². The first kappa shape index (κ1) is 15.0. The number of ether oxygens (including phenoxy) is 3. The summed E-state index contributed by atoms with van der Waals surface area (Å²) in [5.74, 6) is 1.16. The Balaban J connectivity index is 2.03. The summed E-state index contributed by atoms with van der Waals surface area (Å²) < 4.78 is 21.0. The number of para-hydroxylation sites is 2. The van der Waals surface area contributed by atoms with Crippen molar-refractivity contribution < 1.29 is 23.4 Å². The summed E-state index contributed by atoms with van der Waals surface area (Å²) in [6.07, 6.45) is 2.00. The number of benzene rings is 1. The standard InChI is InChI=1S/C16H18O5/c1-18-14-7-3-4-8-15(14)21-11-12(16(17)19-2)10-13-6-5-9-20-13/h3-9,12H,10-11H2,1-2H3. The Labute approximate surface area is 123 Å². The zero-order valence-electron chi connectivity index (χ0n) is 12.1. The van der Waals surface area contributed by atoms with E-state index in [0.717, 1.165) is 0 Å². The van der Waals surface area contributed by atoms with Crippen molar-refractivity contribution in [2.45, 2.75) is 6.42 Å². The van der Waals surface area contributed by atoms with Crippen molar-refractivity contribution in [3.8, 4) is 11.5 Å². The average Bonchev–Trinajstić information content (AvgIpc) is 3.04. The van der Waals surface area contributed by atoms with Crippen LogP contribution in [0.3, 0.4) is 0 Å². The Bertz CT molecular complexity index is 562. The van der Waals surface area contributed by atoms with Gasteiger partial charge in [0.1, 0.15) is 12.4 Å². The third-order valence-electron chi connectivity index (χ3n) is 3.07. The van der Waals surface area contributed by atoms with Crippen LogP contribution < -0.4 is 9.47 Å². The second kappa shape index (κ2) is 7.38. The number of esters is 1. The van der Waals surface area contributed by atoms with Gasteiger partial charge in [-0.25, -0.2) is 0 Å². The van der Waals surface area contributed by atoms with Crippen LogP contribution in [0.4, 0.5) is 0 Å². The van der Waals surface area contributed by atoms with Crippen LogP contribution in [0.2, 0.25) is 0 Å². The molecule has 0 aliphatic heterocycles. The minimum atomic E-state index is -0.439. The molecule has 0 spiro atoms. The Morgan fingerprint density at radius 1 is 1.14 bits per heavy atom. The van der Waals surface area contributed by atoms with Crippen LogP contribution in [-0.2, 0) is 16.0 Å². The average molecular weight is 290 g/mol. The van der Waals surface area contributed by atoms with Gasteiger partial charge in [-0.3, -0.25) is 4.79 Å². The third kappa shape index (κ3) is 4.02. The van der Waals surface area contributed by atoms with Crippen molar-refractivity contribution in [3.63, 3.8) is 0 Å². The summed E-state index contributed by atoms with van der Waals surface area (Å²) in [6.45, 7) is 0.188. The molecule has 21 heavy (non-hydrogen) atoms. The molecule has 0 aliphatic rings. The molecular formula is C16H18O5. The minimum Gasteiger partial charge on any atom is -0.493 e. The van der Waals surface area contributed by atoms with Gasteiger partial charge in [0.2, 0.25) is 0 Å². The van der Waals surface area contributed by atoms with Gasteiger partial charge in [-0.05, 0) is 24.3 Å². The van der Waals surface area contributed by atoms with Crippen LogP contribution in [0.1, 0.15) is 5.76 Å². The molecular weight excluding hydrogens is 272 g/mol. The van der Waals surface area contributed by atoms with E-state index in [-0.39, 0.29) is 12.6 Å². The number of rotatable bonds is 7. The van der Waals surface area contributed by atoms with Crippen LogP contribution >= 0.6 is 0 Å². The van der Waals surface area contributed by atoms with Gasteiger partial charge in [0.05, 0.1) is 26.4 Å². The fourth-order valence-electron chi connectivity index (χ4n) is 1.98. The predicted molar refractivity (Wildman–Crippen MR) is 76.4 cm³/mol. The second-order valence-corrected chi connectivity index (χ2v) is 4.47. The first-order valence-electron chi connectivity index (χ1n) is 6.60. The van der Waals surface area contributed by atoms with Gasteiger partial charge in [0.25, 0.3) is 0 Å². The summed E-state index contributed by atoms with van der Waals surface area (Å²) >= 11 is 0. The van der Waals surface area contributed by atoms with E-state index in [9.17, 15) is 4.79 Å².